The van der Waals surface area contributed by atoms with E-state index in [9.17, 15) is 9.90 Å². The minimum Gasteiger partial charge on any atom is -0.481 e. The molecular weight excluding hydrogens is 466 g/mol. The summed E-state index contributed by atoms with van der Waals surface area (Å²) in [6, 6.07) is 9.69. The number of aromatic nitrogens is 3. The van der Waals surface area contributed by atoms with Crippen LogP contribution in [0.3, 0.4) is 0 Å². The summed E-state index contributed by atoms with van der Waals surface area (Å²) in [7, 11) is 0. The average molecular weight is 498 g/mol. The number of nitrogens with two attached hydrogens (primary N) is 1. The lowest BCUT2D eigenvalue weighted by Gasteiger charge is -2.24. The molecule has 1 aromatic carbocycles. The number of imidazole rings is 1. The highest BCUT2D eigenvalue weighted by Gasteiger charge is 2.56. The molecule has 11 nitrogen and oxygen atoms in total. The lowest BCUT2D eigenvalue weighted by Crippen LogP contribution is -2.31. The number of benzene rings is 1. The van der Waals surface area contributed by atoms with Gasteiger partial charge in [0.25, 0.3) is 0 Å². The minimum absolute atomic E-state index is 0.123. The van der Waals surface area contributed by atoms with Crippen molar-refractivity contribution in [1.82, 2.24) is 14.5 Å². The second kappa shape index (κ2) is 9.66. The highest BCUT2D eigenvalue weighted by molar-refractivity contribution is 5.86. The molecule has 2 aliphatic rings. The summed E-state index contributed by atoms with van der Waals surface area (Å²) in [5.74, 6) is -0.972. The summed E-state index contributed by atoms with van der Waals surface area (Å²) in [4.78, 5) is 19.9. The van der Waals surface area contributed by atoms with E-state index in [1.165, 1.54) is 0 Å². The smallest absolute Gasteiger partial charge is 0.303 e. The number of ether oxygens (including phenoxy) is 3. The Balaban J connectivity index is 1.29. The Morgan fingerprint density at radius 2 is 1.86 bits per heavy atom. The van der Waals surface area contributed by atoms with Gasteiger partial charge >= 0.3 is 5.97 Å². The first-order valence-electron chi connectivity index (χ1n) is 12.0. The number of nitrogens with zero attached hydrogens (tertiary/aromatic N) is 3. The second-order valence-corrected chi connectivity index (χ2v) is 9.62. The van der Waals surface area contributed by atoms with Gasteiger partial charge < -0.3 is 35.5 Å². The number of carboxylic acid groups (broad SMARTS) is 1. The lowest BCUT2D eigenvalue weighted by atomic mass is 10.1. The van der Waals surface area contributed by atoms with E-state index in [0.29, 0.717) is 35.6 Å². The van der Waals surface area contributed by atoms with Crippen molar-refractivity contribution in [2.75, 3.05) is 24.2 Å². The Kier molecular flexibility index (Phi) is 6.56. The van der Waals surface area contributed by atoms with Crippen molar-refractivity contribution in [3.05, 3.63) is 47.8 Å². The second-order valence-electron chi connectivity index (χ2n) is 9.62. The van der Waals surface area contributed by atoms with Crippen LogP contribution in [0.4, 0.5) is 11.5 Å². The van der Waals surface area contributed by atoms with Crippen molar-refractivity contribution < 1.29 is 29.2 Å². The molecule has 0 radical (unpaired) electrons. The van der Waals surface area contributed by atoms with E-state index in [0.717, 1.165) is 17.5 Å². The number of carbonyl (C=O) groups is 1. The molecule has 0 bridgehead atoms. The largest absolute Gasteiger partial charge is 0.481 e. The molecule has 5 rings (SSSR count). The molecule has 2 aliphatic heterocycles. The van der Waals surface area contributed by atoms with E-state index in [2.05, 4.69) is 10.3 Å². The number of aliphatic hydroxyl groups excluding tert-OH is 1. The number of fused-ring (bicyclic) bond motifs is 2. The first-order chi connectivity index (χ1) is 17.2. The summed E-state index contributed by atoms with van der Waals surface area (Å²) in [5.41, 5.74) is 10.0. The number of anilines is 2. The number of rotatable bonds is 9. The number of nitrogens with one attached hydrogen (secondary N) is 1. The van der Waals surface area contributed by atoms with Gasteiger partial charge in [0.05, 0.1) is 18.6 Å². The Morgan fingerprint density at radius 1 is 1.17 bits per heavy atom. The molecule has 0 saturated carbocycles. The summed E-state index contributed by atoms with van der Waals surface area (Å²) >= 11 is 0. The third-order valence-electron chi connectivity index (χ3n) is 6.51. The molecule has 5 N–H and O–H groups in total. The summed E-state index contributed by atoms with van der Waals surface area (Å²) in [5, 5.41) is 22.0. The zero-order chi connectivity index (χ0) is 25.4. The average Bonchev–Trinajstić information content (AvgIpc) is 3.49. The van der Waals surface area contributed by atoms with E-state index in [-0.39, 0.29) is 13.0 Å². The number of nitrogen functional groups attached to an aromatic ring is 1. The van der Waals surface area contributed by atoms with Crippen LogP contribution in [0.1, 0.15) is 37.6 Å². The van der Waals surface area contributed by atoms with E-state index >= 15 is 0 Å². The van der Waals surface area contributed by atoms with Crippen LogP contribution in [0.15, 0.2) is 36.7 Å². The van der Waals surface area contributed by atoms with Crippen LogP contribution in [-0.4, -0.2) is 68.0 Å². The van der Waals surface area contributed by atoms with Crippen molar-refractivity contribution in [3.63, 3.8) is 0 Å². The minimum atomic E-state index is -0.797. The van der Waals surface area contributed by atoms with Gasteiger partial charge in [-0.1, -0.05) is 24.3 Å². The fourth-order valence-corrected chi connectivity index (χ4v) is 4.80. The fourth-order valence-electron chi connectivity index (χ4n) is 4.80. The predicted molar refractivity (Wildman–Crippen MR) is 131 cm³/mol. The summed E-state index contributed by atoms with van der Waals surface area (Å²) < 4.78 is 19.9. The summed E-state index contributed by atoms with van der Waals surface area (Å²) in [6.07, 6.45) is 1.11. The molecule has 4 atom stereocenters. The molecule has 2 fully saturated rings. The molecule has 192 valence electrons. The van der Waals surface area contributed by atoms with E-state index in [1.54, 1.807) is 17.0 Å². The fraction of sp³-hybridized carbons (Fsp3) is 0.480. The van der Waals surface area contributed by atoms with Gasteiger partial charge in [-0.25, -0.2) is 9.97 Å². The molecular formula is C25H31N5O6. The maximum atomic E-state index is 10.7. The van der Waals surface area contributed by atoms with Crippen LogP contribution in [0.2, 0.25) is 0 Å². The third kappa shape index (κ3) is 4.87. The van der Waals surface area contributed by atoms with Crippen LogP contribution in [0, 0.1) is 0 Å². The highest BCUT2D eigenvalue weighted by atomic mass is 16.8. The Morgan fingerprint density at radius 3 is 2.56 bits per heavy atom. The molecule has 11 heteroatoms. The third-order valence-corrected chi connectivity index (χ3v) is 6.51. The Labute approximate surface area is 208 Å². The van der Waals surface area contributed by atoms with Gasteiger partial charge in [0.2, 0.25) is 0 Å². The van der Waals surface area contributed by atoms with Gasteiger partial charge in [-0.3, -0.25) is 9.36 Å². The van der Waals surface area contributed by atoms with Crippen LogP contribution in [0.25, 0.3) is 11.2 Å². The van der Waals surface area contributed by atoms with E-state index < -0.39 is 36.3 Å². The monoisotopic (exact) mass is 497 g/mol. The maximum absolute atomic E-state index is 10.7. The normalized spacial score (nSPS) is 24.8. The number of aliphatic hydroxyl groups is 1. The molecule has 0 amide bonds. The van der Waals surface area contributed by atoms with Gasteiger partial charge in [0, 0.05) is 19.0 Å². The standard InChI is InChI=1S/C25H31N5O6/c1-25(2)35-21-17(12-31)34-24(22(21)36-25)30-13-28-20-16(26)11-18(29-23(20)30)27-10-9-15-5-3-14(4-6-15)7-8-19(32)33/h3-6,11,13,17,21-22,24,31H,7-10,12H2,1-2H3,(H,32,33)(H3,26,27,29)/t17-,21-,22-,24-/m1/s1. The van der Waals surface area contributed by atoms with E-state index in [1.807, 2.05) is 38.1 Å². The van der Waals surface area contributed by atoms with Gasteiger partial charge in [-0.05, 0) is 37.8 Å². The van der Waals surface area contributed by atoms with Crippen LogP contribution >= 0.6 is 0 Å². The first kappa shape index (κ1) is 24.4. The highest BCUT2D eigenvalue weighted by Crippen LogP contribution is 2.43. The van der Waals surface area contributed by atoms with E-state index in [4.69, 9.17) is 30.0 Å². The zero-order valence-corrected chi connectivity index (χ0v) is 20.3. The number of pyridine rings is 1. The first-order valence-corrected chi connectivity index (χ1v) is 12.0. The molecule has 0 unspecified atom stereocenters. The van der Waals surface area contributed by atoms with Crippen LogP contribution in [-0.2, 0) is 31.8 Å². The molecule has 3 aromatic rings. The number of hydrogen-bond donors (Lipinski definition) is 4. The molecule has 4 heterocycles. The molecule has 2 aromatic heterocycles. The van der Waals surface area contributed by atoms with Crippen LogP contribution < -0.4 is 11.1 Å². The van der Waals surface area contributed by atoms with Gasteiger partial charge in [-0.15, -0.1) is 0 Å². The number of aryl methyl sites for hydroxylation is 1. The topological polar surface area (TPSA) is 154 Å². The van der Waals surface area contributed by atoms with Crippen molar-refractivity contribution in [3.8, 4) is 0 Å². The lowest BCUT2D eigenvalue weighted by molar-refractivity contribution is -0.199. The SMILES string of the molecule is CC1(C)O[C@@H]2[C@H](O1)[C@@H](CO)O[C@H]2n1cnc2c(N)cc(NCCc3ccc(CCC(=O)O)cc3)nc21. The Bertz CT molecular complexity index is 1240. The van der Waals surface area contributed by atoms with Crippen molar-refractivity contribution in [1.29, 1.82) is 0 Å². The Hall–Kier alpha value is -3.25. The maximum Gasteiger partial charge on any atom is 0.303 e. The molecule has 36 heavy (non-hydrogen) atoms. The van der Waals surface area contributed by atoms with Gasteiger partial charge in [0.1, 0.15) is 29.6 Å². The number of carboxylic acids is 1. The summed E-state index contributed by atoms with van der Waals surface area (Å²) in [6.45, 7) is 4.12. The van der Waals surface area contributed by atoms with Gasteiger partial charge in [0.15, 0.2) is 17.7 Å². The molecule has 2 saturated heterocycles. The van der Waals surface area contributed by atoms with Crippen molar-refractivity contribution >= 4 is 28.6 Å². The van der Waals surface area contributed by atoms with Gasteiger partial charge in [-0.2, -0.15) is 0 Å². The quantitative estimate of drug-likeness (QED) is 0.345. The molecule has 0 spiro atoms. The number of hydrogen-bond acceptors (Lipinski definition) is 9. The zero-order valence-electron chi connectivity index (χ0n) is 20.3. The number of aliphatic carboxylic acids is 1. The molecule has 0 aliphatic carbocycles. The van der Waals surface area contributed by atoms with Crippen molar-refractivity contribution in [2.24, 2.45) is 0 Å². The predicted octanol–water partition coefficient (Wildman–Crippen LogP) is 2.10. The van der Waals surface area contributed by atoms with Crippen LogP contribution in [0.5, 0.6) is 0 Å². The van der Waals surface area contributed by atoms with Crippen molar-refractivity contribution in [2.45, 2.75) is 63.4 Å².